The summed E-state index contributed by atoms with van der Waals surface area (Å²) >= 11 is 0. The molecule has 0 fully saturated rings. The van der Waals surface area contributed by atoms with Crippen LogP contribution in [-0.2, 0) is 4.79 Å². The number of nitrogens with one attached hydrogen (secondary N) is 1. The van der Waals surface area contributed by atoms with Crippen molar-refractivity contribution in [1.29, 1.82) is 0 Å². The summed E-state index contributed by atoms with van der Waals surface area (Å²) in [6.45, 7) is 5.35. The number of hydrogen-bond acceptors (Lipinski definition) is 3. The van der Waals surface area contributed by atoms with E-state index in [1.165, 1.54) is 0 Å². The van der Waals surface area contributed by atoms with Crippen LogP contribution in [0.2, 0.25) is 0 Å². The number of phenolic OH excluding ortho intramolecular Hbond substituents is 1. The summed E-state index contributed by atoms with van der Waals surface area (Å²) in [7, 11) is 0. The second kappa shape index (κ2) is 5.13. The number of hydrogen-bond donors (Lipinski definition) is 3. The van der Waals surface area contributed by atoms with Crippen molar-refractivity contribution in [2.24, 2.45) is 5.73 Å². The van der Waals surface area contributed by atoms with E-state index in [4.69, 9.17) is 5.73 Å². The van der Waals surface area contributed by atoms with Crippen molar-refractivity contribution in [1.82, 2.24) is 5.32 Å². The highest BCUT2D eigenvalue weighted by atomic mass is 16.3. The van der Waals surface area contributed by atoms with E-state index in [0.29, 0.717) is 0 Å². The number of benzene rings is 2. The number of carbonyl (C=O) groups excluding carboxylic acids is 1. The Balaban J connectivity index is 2.38. The average molecular weight is 272 g/mol. The van der Waals surface area contributed by atoms with Gasteiger partial charge in [0.2, 0.25) is 5.91 Å². The van der Waals surface area contributed by atoms with Crippen molar-refractivity contribution < 1.29 is 9.90 Å². The van der Waals surface area contributed by atoms with Crippen molar-refractivity contribution in [2.45, 2.75) is 32.4 Å². The third kappa shape index (κ3) is 2.60. The Kier molecular flexibility index (Phi) is 3.68. The zero-order valence-corrected chi connectivity index (χ0v) is 12.0. The Morgan fingerprint density at radius 3 is 2.55 bits per heavy atom. The molecule has 20 heavy (non-hydrogen) atoms. The molecule has 0 heterocycles. The molecule has 1 atom stereocenters. The molecule has 0 aliphatic rings. The molecule has 0 radical (unpaired) electrons. The molecule has 2 aromatic carbocycles. The fourth-order valence-electron chi connectivity index (χ4n) is 2.31. The fraction of sp³-hybridized carbons (Fsp3) is 0.312. The topological polar surface area (TPSA) is 75.3 Å². The number of fused-ring (bicyclic) bond motifs is 1. The van der Waals surface area contributed by atoms with Crippen LogP contribution in [0.15, 0.2) is 36.4 Å². The summed E-state index contributed by atoms with van der Waals surface area (Å²) in [5, 5.41) is 15.3. The Labute approximate surface area is 118 Å². The molecule has 4 heteroatoms. The van der Waals surface area contributed by atoms with Crippen LogP contribution in [-0.4, -0.2) is 16.6 Å². The highest BCUT2D eigenvalue weighted by molar-refractivity contribution is 5.89. The van der Waals surface area contributed by atoms with Crippen LogP contribution in [0.3, 0.4) is 0 Å². The maximum Gasteiger partial charge on any atom is 0.237 e. The number of amides is 1. The molecule has 1 amide bonds. The van der Waals surface area contributed by atoms with Crippen molar-refractivity contribution in [2.75, 3.05) is 0 Å². The molecule has 4 N–H and O–H groups in total. The molecule has 0 aliphatic heterocycles. The zero-order valence-electron chi connectivity index (χ0n) is 12.0. The van der Waals surface area contributed by atoms with Gasteiger partial charge in [0.15, 0.2) is 0 Å². The van der Waals surface area contributed by atoms with E-state index in [2.05, 4.69) is 5.32 Å². The van der Waals surface area contributed by atoms with E-state index in [1.807, 2.05) is 43.3 Å². The standard InChI is InChI=1S/C16H20N2O2/c1-10(18-16(2,3)15(17)20)12-9-8-11-6-4-5-7-13(11)14(12)19/h4-10,18-19H,1-3H3,(H2,17,20). The smallest absolute Gasteiger partial charge is 0.237 e. The predicted octanol–water partition coefficient (Wildman–Crippen LogP) is 2.46. The first-order valence-electron chi connectivity index (χ1n) is 6.61. The van der Waals surface area contributed by atoms with Crippen LogP contribution in [0.4, 0.5) is 0 Å². The molecule has 0 bridgehead atoms. The fourth-order valence-corrected chi connectivity index (χ4v) is 2.31. The SMILES string of the molecule is CC(NC(C)(C)C(N)=O)c1ccc2ccccc2c1O. The molecule has 0 saturated heterocycles. The van der Waals surface area contributed by atoms with Gasteiger partial charge in [0, 0.05) is 17.0 Å². The Bertz CT molecular complexity index is 650. The second-order valence-corrected chi connectivity index (χ2v) is 5.58. The van der Waals surface area contributed by atoms with Crippen molar-refractivity contribution in [3.05, 3.63) is 42.0 Å². The summed E-state index contributed by atoms with van der Waals surface area (Å²) in [4.78, 5) is 11.4. The van der Waals surface area contributed by atoms with Gasteiger partial charge in [-0.05, 0) is 26.2 Å². The van der Waals surface area contributed by atoms with Gasteiger partial charge in [0.1, 0.15) is 5.75 Å². The first-order chi connectivity index (χ1) is 9.33. The third-order valence-corrected chi connectivity index (χ3v) is 3.59. The molecule has 2 aromatic rings. The lowest BCUT2D eigenvalue weighted by molar-refractivity contribution is -0.123. The first-order valence-corrected chi connectivity index (χ1v) is 6.61. The number of phenols is 1. The van der Waals surface area contributed by atoms with Gasteiger partial charge in [-0.2, -0.15) is 0 Å². The number of nitrogens with two attached hydrogens (primary N) is 1. The highest BCUT2D eigenvalue weighted by Crippen LogP contribution is 2.33. The predicted molar refractivity (Wildman–Crippen MR) is 80.4 cm³/mol. The van der Waals surface area contributed by atoms with E-state index in [1.54, 1.807) is 13.8 Å². The number of aromatic hydroxyl groups is 1. The maximum absolute atomic E-state index is 11.4. The zero-order chi connectivity index (χ0) is 14.9. The minimum Gasteiger partial charge on any atom is -0.507 e. The van der Waals surface area contributed by atoms with Crippen molar-refractivity contribution >= 4 is 16.7 Å². The average Bonchev–Trinajstić information content (AvgIpc) is 2.38. The molecule has 0 aromatic heterocycles. The van der Waals surface area contributed by atoms with Crippen molar-refractivity contribution in [3.63, 3.8) is 0 Å². The van der Waals surface area contributed by atoms with Crippen LogP contribution in [0.25, 0.3) is 10.8 Å². The summed E-state index contributed by atoms with van der Waals surface area (Å²) in [5.41, 5.74) is 5.27. The van der Waals surface area contributed by atoms with Crippen LogP contribution < -0.4 is 11.1 Å². The molecule has 0 aliphatic carbocycles. The molecular formula is C16H20N2O2. The Morgan fingerprint density at radius 2 is 1.90 bits per heavy atom. The Morgan fingerprint density at radius 1 is 1.25 bits per heavy atom. The van der Waals surface area contributed by atoms with Gasteiger partial charge in [-0.15, -0.1) is 0 Å². The summed E-state index contributed by atoms with van der Waals surface area (Å²) in [6.07, 6.45) is 0. The minimum absolute atomic E-state index is 0.192. The van der Waals surface area contributed by atoms with E-state index < -0.39 is 11.4 Å². The molecule has 4 nitrogen and oxygen atoms in total. The number of rotatable bonds is 4. The Hall–Kier alpha value is -2.07. The lowest BCUT2D eigenvalue weighted by Gasteiger charge is -2.28. The van der Waals surface area contributed by atoms with Gasteiger partial charge in [-0.3, -0.25) is 10.1 Å². The largest absolute Gasteiger partial charge is 0.507 e. The molecular weight excluding hydrogens is 252 g/mol. The van der Waals surface area contributed by atoms with Gasteiger partial charge < -0.3 is 10.8 Å². The van der Waals surface area contributed by atoms with Gasteiger partial charge in [-0.25, -0.2) is 0 Å². The molecule has 106 valence electrons. The van der Waals surface area contributed by atoms with Gasteiger partial charge in [-0.1, -0.05) is 36.4 Å². The van der Waals surface area contributed by atoms with Gasteiger partial charge in [0.25, 0.3) is 0 Å². The molecule has 2 rings (SSSR count). The van der Waals surface area contributed by atoms with Crippen molar-refractivity contribution in [3.8, 4) is 5.75 Å². The normalized spacial score (nSPS) is 13.3. The lowest BCUT2D eigenvalue weighted by Crippen LogP contribution is -2.51. The van der Waals surface area contributed by atoms with Crippen LogP contribution in [0.1, 0.15) is 32.4 Å². The van der Waals surface area contributed by atoms with E-state index in [-0.39, 0.29) is 11.8 Å². The van der Waals surface area contributed by atoms with Crippen LogP contribution in [0.5, 0.6) is 5.75 Å². The minimum atomic E-state index is -0.836. The van der Waals surface area contributed by atoms with E-state index >= 15 is 0 Å². The van der Waals surface area contributed by atoms with E-state index in [9.17, 15) is 9.90 Å². The highest BCUT2D eigenvalue weighted by Gasteiger charge is 2.27. The molecule has 0 saturated carbocycles. The monoisotopic (exact) mass is 272 g/mol. The maximum atomic E-state index is 11.4. The first kappa shape index (κ1) is 14.3. The molecule has 0 spiro atoms. The second-order valence-electron chi connectivity index (χ2n) is 5.58. The summed E-state index contributed by atoms with van der Waals surface area (Å²) in [5.74, 6) is -0.187. The van der Waals surface area contributed by atoms with Crippen LogP contribution >= 0.6 is 0 Å². The lowest BCUT2D eigenvalue weighted by atomic mass is 9.97. The number of primary amides is 1. The number of carbonyl (C=O) groups is 1. The van der Waals surface area contributed by atoms with Gasteiger partial charge >= 0.3 is 0 Å². The van der Waals surface area contributed by atoms with Gasteiger partial charge in [0.05, 0.1) is 5.54 Å². The van der Waals surface area contributed by atoms with Crippen LogP contribution in [0, 0.1) is 0 Å². The quantitative estimate of drug-likeness (QED) is 0.800. The summed E-state index contributed by atoms with van der Waals surface area (Å²) in [6, 6.07) is 11.3. The third-order valence-electron chi connectivity index (χ3n) is 3.59. The van der Waals surface area contributed by atoms with E-state index in [0.717, 1.165) is 16.3 Å². The summed E-state index contributed by atoms with van der Waals surface area (Å²) < 4.78 is 0. The molecule has 1 unspecified atom stereocenters.